The number of halogens is 1. The van der Waals surface area contributed by atoms with E-state index in [4.69, 9.17) is 0 Å². The van der Waals surface area contributed by atoms with Crippen LogP contribution in [0.3, 0.4) is 0 Å². The van der Waals surface area contributed by atoms with Crippen molar-refractivity contribution in [1.29, 1.82) is 0 Å². The number of benzene rings is 1. The van der Waals surface area contributed by atoms with Gasteiger partial charge in [-0.2, -0.15) is 9.61 Å². The number of carboxylic acid groups (broad SMARTS) is 1. The first-order chi connectivity index (χ1) is 12.5. The Kier molecular flexibility index (Phi) is 4.40. The second kappa shape index (κ2) is 6.72. The quantitative estimate of drug-likeness (QED) is 0.670. The van der Waals surface area contributed by atoms with Crippen molar-refractivity contribution < 1.29 is 9.90 Å². The Bertz CT molecular complexity index is 1030. The highest BCUT2D eigenvalue weighted by Crippen LogP contribution is 2.33. The van der Waals surface area contributed by atoms with Gasteiger partial charge in [-0.3, -0.25) is 4.79 Å². The Morgan fingerprint density at radius 1 is 1.19 bits per heavy atom. The van der Waals surface area contributed by atoms with Crippen LogP contribution in [0.2, 0.25) is 0 Å². The number of aromatic carboxylic acids is 1. The monoisotopic (exact) mass is 415 g/mol. The van der Waals surface area contributed by atoms with Crippen molar-refractivity contribution in [2.75, 3.05) is 0 Å². The van der Waals surface area contributed by atoms with Crippen molar-refractivity contribution in [3.8, 4) is 11.3 Å². The highest BCUT2D eigenvalue weighted by Gasteiger charge is 2.20. The summed E-state index contributed by atoms with van der Waals surface area (Å²) in [6, 6.07) is 9.62. The number of aromatic nitrogens is 3. The molecular weight excluding hydrogens is 398 g/mol. The molecule has 1 aliphatic carbocycles. The van der Waals surface area contributed by atoms with Crippen molar-refractivity contribution in [3.05, 3.63) is 56.4 Å². The van der Waals surface area contributed by atoms with Crippen LogP contribution < -0.4 is 5.56 Å². The van der Waals surface area contributed by atoms with Gasteiger partial charge in [0, 0.05) is 6.07 Å². The summed E-state index contributed by atoms with van der Waals surface area (Å²) in [6.07, 6.45) is 6.35. The van der Waals surface area contributed by atoms with Gasteiger partial charge < -0.3 is 10.1 Å². The van der Waals surface area contributed by atoms with Crippen LogP contribution >= 0.6 is 15.9 Å². The Balaban J connectivity index is 1.75. The lowest BCUT2D eigenvalue weighted by Gasteiger charge is -2.22. The smallest absolute Gasteiger partial charge is 0.342 e. The first kappa shape index (κ1) is 17.0. The maximum absolute atomic E-state index is 12.3. The Hall–Kier alpha value is -2.41. The van der Waals surface area contributed by atoms with Gasteiger partial charge in [0.15, 0.2) is 5.65 Å². The van der Waals surface area contributed by atoms with E-state index in [0.717, 1.165) is 10.1 Å². The molecule has 6 nitrogen and oxygen atoms in total. The number of nitrogens with zero attached hydrogens (tertiary/aromatic N) is 2. The average Bonchev–Trinajstić information content (AvgIpc) is 2.99. The zero-order chi connectivity index (χ0) is 18.3. The van der Waals surface area contributed by atoms with Crippen molar-refractivity contribution in [2.24, 2.45) is 0 Å². The molecule has 26 heavy (non-hydrogen) atoms. The second-order valence-corrected chi connectivity index (χ2v) is 7.46. The van der Waals surface area contributed by atoms with E-state index in [2.05, 4.69) is 38.1 Å². The molecule has 2 N–H and O–H groups in total. The molecule has 134 valence electrons. The Morgan fingerprint density at radius 2 is 1.88 bits per heavy atom. The second-order valence-electron chi connectivity index (χ2n) is 6.71. The molecule has 1 aromatic carbocycles. The van der Waals surface area contributed by atoms with Gasteiger partial charge in [0.1, 0.15) is 10.2 Å². The number of nitrogens with one attached hydrogen (secondary N) is 1. The van der Waals surface area contributed by atoms with Crippen LogP contribution in [0.5, 0.6) is 0 Å². The summed E-state index contributed by atoms with van der Waals surface area (Å²) in [7, 11) is 0. The van der Waals surface area contributed by atoms with E-state index in [-0.39, 0.29) is 21.4 Å². The van der Waals surface area contributed by atoms with Gasteiger partial charge in [-0.1, -0.05) is 43.5 Å². The minimum absolute atomic E-state index is 0.0530. The van der Waals surface area contributed by atoms with Crippen LogP contribution in [-0.2, 0) is 0 Å². The molecule has 3 aromatic rings. The molecule has 0 atom stereocenters. The summed E-state index contributed by atoms with van der Waals surface area (Å²) in [5.41, 5.74) is 2.49. The van der Waals surface area contributed by atoms with Crippen LogP contribution in [0.1, 0.15) is 53.9 Å². The van der Waals surface area contributed by atoms with Crippen LogP contribution in [0.15, 0.2) is 39.7 Å². The summed E-state index contributed by atoms with van der Waals surface area (Å²) in [5.74, 6) is -0.531. The van der Waals surface area contributed by atoms with Gasteiger partial charge in [-0.25, -0.2) is 4.79 Å². The van der Waals surface area contributed by atoms with Crippen LogP contribution in [-0.4, -0.2) is 25.7 Å². The van der Waals surface area contributed by atoms with Crippen molar-refractivity contribution >= 4 is 27.5 Å². The lowest BCUT2D eigenvalue weighted by Crippen LogP contribution is -2.15. The first-order valence-corrected chi connectivity index (χ1v) is 9.49. The zero-order valence-corrected chi connectivity index (χ0v) is 15.6. The topological polar surface area (TPSA) is 87.5 Å². The lowest BCUT2D eigenvalue weighted by atomic mass is 9.84. The van der Waals surface area contributed by atoms with Crippen molar-refractivity contribution in [3.63, 3.8) is 0 Å². The van der Waals surface area contributed by atoms with E-state index in [9.17, 15) is 14.7 Å². The van der Waals surface area contributed by atoms with Crippen molar-refractivity contribution in [1.82, 2.24) is 14.6 Å². The third kappa shape index (κ3) is 2.96. The maximum atomic E-state index is 12.3. The molecule has 0 radical (unpaired) electrons. The largest absolute Gasteiger partial charge is 0.477 e. The third-order valence-electron chi connectivity index (χ3n) is 5.08. The van der Waals surface area contributed by atoms with Gasteiger partial charge in [-0.15, -0.1) is 0 Å². The summed E-state index contributed by atoms with van der Waals surface area (Å²) in [5, 5.41) is 13.3. The predicted molar refractivity (Wildman–Crippen MR) is 102 cm³/mol. The van der Waals surface area contributed by atoms with E-state index in [0.29, 0.717) is 11.6 Å². The number of H-pyrrole nitrogens is 1. The molecular formula is C19H18BrN3O3. The molecule has 0 unspecified atom stereocenters. The molecule has 0 bridgehead atoms. The molecule has 1 aliphatic rings. The van der Waals surface area contributed by atoms with E-state index in [1.54, 1.807) is 0 Å². The van der Waals surface area contributed by atoms with Gasteiger partial charge >= 0.3 is 5.97 Å². The Morgan fingerprint density at radius 3 is 2.54 bits per heavy atom. The van der Waals surface area contributed by atoms with E-state index >= 15 is 0 Å². The predicted octanol–water partition coefficient (Wildman–Crippen LogP) is 4.20. The summed E-state index contributed by atoms with van der Waals surface area (Å²) < 4.78 is 1.19. The number of carboxylic acids is 1. The molecule has 0 amide bonds. The SMILES string of the molecule is O=C(O)c1c(Br)nn2c(=O)cc(-c3ccc(C4CCCCC4)cc3)[nH]c12. The fourth-order valence-corrected chi connectivity index (χ4v) is 4.25. The molecule has 1 fully saturated rings. The average molecular weight is 416 g/mol. The summed E-state index contributed by atoms with van der Waals surface area (Å²) in [4.78, 5) is 26.9. The molecule has 2 aromatic heterocycles. The molecule has 1 saturated carbocycles. The molecule has 2 heterocycles. The van der Waals surface area contributed by atoms with Crippen LogP contribution in [0.4, 0.5) is 0 Å². The highest BCUT2D eigenvalue weighted by molar-refractivity contribution is 9.10. The zero-order valence-electron chi connectivity index (χ0n) is 14.0. The molecule has 0 saturated heterocycles. The number of rotatable bonds is 3. The van der Waals surface area contributed by atoms with Crippen LogP contribution in [0, 0.1) is 0 Å². The fourth-order valence-electron chi connectivity index (χ4n) is 3.73. The van der Waals surface area contributed by atoms with Crippen molar-refractivity contribution in [2.45, 2.75) is 38.0 Å². The molecule has 7 heteroatoms. The lowest BCUT2D eigenvalue weighted by molar-refractivity contribution is 0.0698. The van der Waals surface area contributed by atoms with Gasteiger partial charge in [0.05, 0.1) is 5.69 Å². The third-order valence-corrected chi connectivity index (χ3v) is 5.64. The number of fused-ring (bicyclic) bond motifs is 1. The number of hydrogen-bond acceptors (Lipinski definition) is 3. The highest BCUT2D eigenvalue weighted by atomic mass is 79.9. The first-order valence-electron chi connectivity index (χ1n) is 8.70. The van der Waals surface area contributed by atoms with Gasteiger partial charge in [0.25, 0.3) is 5.56 Å². The molecule has 4 rings (SSSR count). The minimum atomic E-state index is -1.15. The minimum Gasteiger partial charge on any atom is -0.477 e. The number of carbonyl (C=O) groups is 1. The fraction of sp³-hybridized carbons (Fsp3) is 0.316. The maximum Gasteiger partial charge on any atom is 0.342 e. The summed E-state index contributed by atoms with van der Waals surface area (Å²) >= 11 is 3.11. The summed E-state index contributed by atoms with van der Waals surface area (Å²) in [6.45, 7) is 0. The Labute approximate surface area is 158 Å². The number of hydrogen-bond donors (Lipinski definition) is 2. The molecule has 0 spiro atoms. The van der Waals surface area contributed by atoms with Crippen LogP contribution in [0.25, 0.3) is 16.9 Å². The van der Waals surface area contributed by atoms with E-state index in [1.807, 2.05) is 12.1 Å². The number of aromatic amines is 1. The van der Waals surface area contributed by atoms with E-state index < -0.39 is 5.97 Å². The normalized spacial score (nSPS) is 15.4. The van der Waals surface area contributed by atoms with E-state index in [1.165, 1.54) is 43.7 Å². The van der Waals surface area contributed by atoms with Gasteiger partial charge in [0.2, 0.25) is 0 Å². The van der Waals surface area contributed by atoms with Gasteiger partial charge in [-0.05, 0) is 45.8 Å². The standard InChI is InChI=1S/C19H18BrN3O3/c20-17-16(19(25)26)18-21-14(10-15(24)23(18)22-17)13-8-6-12(7-9-13)11-4-2-1-3-5-11/h6-11,21H,1-5H2,(H,25,26). The molecule has 0 aliphatic heterocycles.